The fourth-order valence-electron chi connectivity index (χ4n) is 0.798. The summed E-state index contributed by atoms with van der Waals surface area (Å²) in [6.45, 7) is 1.47. The Morgan fingerprint density at radius 1 is 1.62 bits per heavy atom. The van der Waals surface area contributed by atoms with E-state index in [2.05, 4.69) is 9.47 Å². The lowest BCUT2D eigenvalue weighted by Gasteiger charge is -1.96. The van der Waals surface area contributed by atoms with Crippen LogP contribution < -0.4 is 0 Å². The van der Waals surface area contributed by atoms with Gasteiger partial charge in [-0.15, -0.1) is 0 Å². The first kappa shape index (κ1) is 9.31. The highest BCUT2D eigenvalue weighted by molar-refractivity contribution is 5.94. The third kappa shape index (κ3) is 1.69. The number of carbonyl (C=O) groups excluding carboxylic acids is 2. The summed E-state index contributed by atoms with van der Waals surface area (Å²) in [4.78, 5) is 21.5. The molecule has 0 fully saturated rings. The molecular weight excluding hydrogens is 176 g/mol. The molecule has 0 saturated carbocycles. The molecule has 0 spiro atoms. The molecule has 0 radical (unpaired) electrons. The van der Waals surface area contributed by atoms with Gasteiger partial charge in [0.05, 0.1) is 13.2 Å². The molecule has 1 aliphatic heterocycles. The highest BCUT2D eigenvalue weighted by Crippen LogP contribution is 2.23. The maximum absolute atomic E-state index is 10.7. The lowest BCUT2D eigenvalue weighted by molar-refractivity contribution is -0.136. The second-order valence-electron chi connectivity index (χ2n) is 2.39. The summed E-state index contributed by atoms with van der Waals surface area (Å²) in [7, 11) is 1.20. The number of rotatable bonds is 1. The first-order valence-corrected chi connectivity index (χ1v) is 3.48. The summed E-state index contributed by atoms with van der Waals surface area (Å²) in [6.07, 6.45) is 0.996. The van der Waals surface area contributed by atoms with E-state index in [4.69, 9.17) is 5.11 Å². The van der Waals surface area contributed by atoms with E-state index >= 15 is 0 Å². The molecule has 0 bridgehead atoms. The fourth-order valence-corrected chi connectivity index (χ4v) is 0.798. The molecule has 0 aromatic heterocycles. The predicted molar refractivity (Wildman–Crippen MR) is 41.5 cm³/mol. The van der Waals surface area contributed by atoms with Crippen molar-refractivity contribution in [2.75, 3.05) is 7.11 Å². The Bertz CT molecular complexity index is 323. The molecule has 0 saturated heterocycles. The van der Waals surface area contributed by atoms with Gasteiger partial charge in [0.25, 0.3) is 0 Å². The first-order valence-electron chi connectivity index (χ1n) is 3.48. The molecule has 1 aliphatic rings. The summed E-state index contributed by atoms with van der Waals surface area (Å²) >= 11 is 0. The van der Waals surface area contributed by atoms with Crippen LogP contribution in [0.2, 0.25) is 0 Å². The fraction of sp³-hybridized carbons (Fsp3) is 0.250. The van der Waals surface area contributed by atoms with Crippen molar-refractivity contribution in [3.8, 4) is 0 Å². The Morgan fingerprint density at radius 2 is 2.23 bits per heavy atom. The van der Waals surface area contributed by atoms with Crippen molar-refractivity contribution in [2.45, 2.75) is 6.92 Å². The normalized spacial score (nSPS) is 19.2. The number of carbonyl (C=O) groups is 2. The van der Waals surface area contributed by atoms with Crippen LogP contribution in [0.15, 0.2) is 23.2 Å². The smallest absolute Gasteiger partial charge is 0.379 e. The minimum atomic E-state index is -0.854. The number of esters is 2. The number of hydrogen-bond acceptors (Lipinski definition) is 5. The van der Waals surface area contributed by atoms with Crippen LogP contribution in [0.5, 0.6) is 0 Å². The minimum Gasteiger partial charge on any atom is -0.502 e. The Hall–Kier alpha value is -1.78. The van der Waals surface area contributed by atoms with E-state index in [9.17, 15) is 9.59 Å². The number of aliphatic hydroxyl groups is 1. The molecule has 1 N–H and O–H groups in total. The van der Waals surface area contributed by atoms with Crippen LogP contribution in [0.3, 0.4) is 0 Å². The average molecular weight is 184 g/mol. The summed E-state index contributed by atoms with van der Waals surface area (Å²) in [5.74, 6) is -1.95. The van der Waals surface area contributed by atoms with Crippen molar-refractivity contribution >= 4 is 11.9 Å². The monoisotopic (exact) mass is 184 g/mol. The molecule has 0 aromatic carbocycles. The van der Waals surface area contributed by atoms with E-state index < -0.39 is 17.7 Å². The quantitative estimate of drug-likeness (QED) is 0.472. The average Bonchev–Trinajstić information content (AvgIpc) is 2.34. The highest BCUT2D eigenvalue weighted by Gasteiger charge is 2.27. The number of cyclic esters (lactones) is 1. The highest BCUT2D eigenvalue weighted by atomic mass is 16.6. The van der Waals surface area contributed by atoms with E-state index in [1.807, 2.05) is 0 Å². The predicted octanol–water partition coefficient (Wildman–Crippen LogP) is 0.432. The van der Waals surface area contributed by atoms with Crippen LogP contribution >= 0.6 is 0 Å². The van der Waals surface area contributed by atoms with Gasteiger partial charge in [-0.2, -0.15) is 0 Å². The van der Waals surface area contributed by atoms with Gasteiger partial charge >= 0.3 is 11.9 Å². The van der Waals surface area contributed by atoms with Crippen molar-refractivity contribution in [1.29, 1.82) is 0 Å². The zero-order valence-corrected chi connectivity index (χ0v) is 7.16. The van der Waals surface area contributed by atoms with Crippen LogP contribution in [-0.2, 0) is 19.1 Å². The molecule has 0 unspecified atom stereocenters. The SMILES string of the molecule is COC(=O)/C=C1/OC(=O)C(O)=C1C. The van der Waals surface area contributed by atoms with Gasteiger partial charge in [0, 0.05) is 5.57 Å². The standard InChI is InChI=1S/C8H8O5/c1-4-5(3-6(9)12-2)13-8(11)7(4)10/h3,10H,1-2H3/b5-3+. The zero-order chi connectivity index (χ0) is 10.0. The van der Waals surface area contributed by atoms with Crippen LogP contribution in [-0.4, -0.2) is 24.2 Å². The van der Waals surface area contributed by atoms with Crippen LogP contribution in [0.25, 0.3) is 0 Å². The molecule has 5 heteroatoms. The van der Waals surface area contributed by atoms with Crippen LogP contribution in [0.4, 0.5) is 0 Å². The Labute approximate surface area is 74.3 Å². The van der Waals surface area contributed by atoms with E-state index in [0.29, 0.717) is 0 Å². The van der Waals surface area contributed by atoms with Crippen molar-refractivity contribution in [3.05, 3.63) is 23.2 Å². The Kier molecular flexibility index (Phi) is 2.36. The Morgan fingerprint density at radius 3 is 2.62 bits per heavy atom. The van der Waals surface area contributed by atoms with Crippen molar-refractivity contribution < 1.29 is 24.2 Å². The van der Waals surface area contributed by atoms with Crippen LogP contribution in [0, 0.1) is 0 Å². The summed E-state index contributed by atoms with van der Waals surface area (Å²) in [5, 5.41) is 9.03. The second kappa shape index (κ2) is 3.30. The Balaban J connectivity index is 2.94. The number of allylic oxidation sites excluding steroid dienone is 1. The summed E-state index contributed by atoms with van der Waals surface area (Å²) in [6, 6.07) is 0. The van der Waals surface area contributed by atoms with Gasteiger partial charge in [0.15, 0.2) is 0 Å². The molecule has 0 aliphatic carbocycles. The maximum atomic E-state index is 10.7. The molecule has 0 aromatic rings. The largest absolute Gasteiger partial charge is 0.502 e. The lowest BCUT2D eigenvalue weighted by atomic mass is 10.2. The molecule has 0 atom stereocenters. The van der Waals surface area contributed by atoms with Gasteiger partial charge in [-0.1, -0.05) is 0 Å². The van der Waals surface area contributed by atoms with Crippen molar-refractivity contribution in [1.82, 2.24) is 0 Å². The zero-order valence-electron chi connectivity index (χ0n) is 7.16. The van der Waals surface area contributed by atoms with Gasteiger partial charge in [0.1, 0.15) is 5.76 Å². The lowest BCUT2D eigenvalue weighted by Crippen LogP contribution is -2.00. The van der Waals surface area contributed by atoms with E-state index in [1.54, 1.807) is 0 Å². The van der Waals surface area contributed by atoms with Gasteiger partial charge in [-0.25, -0.2) is 9.59 Å². The molecule has 1 rings (SSSR count). The van der Waals surface area contributed by atoms with E-state index in [1.165, 1.54) is 14.0 Å². The number of ether oxygens (including phenoxy) is 2. The molecule has 13 heavy (non-hydrogen) atoms. The summed E-state index contributed by atoms with van der Waals surface area (Å²) in [5.41, 5.74) is 0.232. The molecule has 1 heterocycles. The van der Waals surface area contributed by atoms with Gasteiger partial charge in [0.2, 0.25) is 5.76 Å². The third-order valence-electron chi connectivity index (χ3n) is 1.57. The van der Waals surface area contributed by atoms with Crippen molar-refractivity contribution in [2.24, 2.45) is 0 Å². The molecular formula is C8H8O5. The first-order chi connectivity index (χ1) is 6.06. The van der Waals surface area contributed by atoms with E-state index in [0.717, 1.165) is 6.08 Å². The van der Waals surface area contributed by atoms with Gasteiger partial charge in [-0.05, 0) is 6.92 Å². The van der Waals surface area contributed by atoms with Gasteiger partial charge < -0.3 is 14.6 Å². The van der Waals surface area contributed by atoms with E-state index in [-0.39, 0.29) is 11.3 Å². The topological polar surface area (TPSA) is 72.8 Å². The van der Waals surface area contributed by atoms with Gasteiger partial charge in [-0.3, -0.25) is 0 Å². The number of aliphatic hydroxyl groups excluding tert-OH is 1. The molecule has 70 valence electrons. The summed E-state index contributed by atoms with van der Waals surface area (Å²) < 4.78 is 8.88. The number of hydrogen-bond donors (Lipinski definition) is 1. The third-order valence-corrected chi connectivity index (χ3v) is 1.57. The second-order valence-corrected chi connectivity index (χ2v) is 2.39. The van der Waals surface area contributed by atoms with Crippen molar-refractivity contribution in [3.63, 3.8) is 0 Å². The maximum Gasteiger partial charge on any atom is 0.379 e. The molecule has 0 amide bonds. The number of methoxy groups -OCH3 is 1. The molecule has 5 nitrogen and oxygen atoms in total. The minimum absolute atomic E-state index is 0.0225. The van der Waals surface area contributed by atoms with Crippen LogP contribution in [0.1, 0.15) is 6.92 Å².